The standard InChI is InChI=1S/C15H17ClN2OS/c1-15(14(17)19,18-10-13-3-2-8-20-13)9-11-4-6-12(16)7-5-11/h2-8,18H,9-10H2,1H3,(H2,17,19). The highest BCUT2D eigenvalue weighted by molar-refractivity contribution is 7.09. The van der Waals surface area contributed by atoms with Gasteiger partial charge in [-0.15, -0.1) is 11.3 Å². The zero-order valence-corrected chi connectivity index (χ0v) is 12.8. The van der Waals surface area contributed by atoms with Crippen molar-refractivity contribution in [1.29, 1.82) is 0 Å². The van der Waals surface area contributed by atoms with E-state index in [1.54, 1.807) is 11.3 Å². The normalized spacial score (nSPS) is 13.9. The molecule has 2 rings (SSSR count). The number of thiophene rings is 1. The molecule has 0 aliphatic carbocycles. The molecule has 1 amide bonds. The summed E-state index contributed by atoms with van der Waals surface area (Å²) in [5, 5.41) is 5.96. The van der Waals surface area contributed by atoms with Gasteiger partial charge >= 0.3 is 0 Å². The topological polar surface area (TPSA) is 55.1 Å². The third kappa shape index (κ3) is 3.82. The molecule has 0 aliphatic heterocycles. The molecule has 1 aromatic heterocycles. The second-order valence-electron chi connectivity index (χ2n) is 4.93. The Bertz CT molecular complexity index is 568. The minimum atomic E-state index is -0.780. The van der Waals surface area contributed by atoms with Crippen LogP contribution in [0.25, 0.3) is 0 Å². The van der Waals surface area contributed by atoms with E-state index < -0.39 is 5.54 Å². The summed E-state index contributed by atoms with van der Waals surface area (Å²) in [4.78, 5) is 13.0. The molecule has 106 valence electrons. The van der Waals surface area contributed by atoms with Crippen molar-refractivity contribution < 1.29 is 4.79 Å². The first-order chi connectivity index (χ1) is 9.49. The molecule has 0 bridgehead atoms. The molecule has 5 heteroatoms. The van der Waals surface area contributed by atoms with E-state index in [9.17, 15) is 4.79 Å². The van der Waals surface area contributed by atoms with Crippen molar-refractivity contribution in [2.45, 2.75) is 25.4 Å². The van der Waals surface area contributed by atoms with Crippen molar-refractivity contribution in [3.63, 3.8) is 0 Å². The molecule has 0 saturated carbocycles. The van der Waals surface area contributed by atoms with Crippen molar-refractivity contribution in [3.8, 4) is 0 Å². The number of rotatable bonds is 6. The van der Waals surface area contributed by atoms with Crippen LogP contribution in [0.4, 0.5) is 0 Å². The third-order valence-electron chi connectivity index (χ3n) is 3.25. The molecule has 0 fully saturated rings. The molecule has 20 heavy (non-hydrogen) atoms. The Labute approximate surface area is 127 Å². The van der Waals surface area contributed by atoms with Crippen molar-refractivity contribution >= 4 is 28.8 Å². The number of primary amides is 1. The Hall–Kier alpha value is -1.36. The Morgan fingerprint density at radius 2 is 2.05 bits per heavy atom. The van der Waals surface area contributed by atoms with Gasteiger partial charge in [0.1, 0.15) is 0 Å². The Morgan fingerprint density at radius 1 is 1.35 bits per heavy atom. The van der Waals surface area contributed by atoms with Crippen molar-refractivity contribution in [1.82, 2.24) is 5.32 Å². The fourth-order valence-electron chi connectivity index (χ4n) is 1.94. The number of benzene rings is 1. The first-order valence-electron chi connectivity index (χ1n) is 6.31. The molecule has 0 saturated heterocycles. The van der Waals surface area contributed by atoms with Gasteiger partial charge in [-0.25, -0.2) is 0 Å². The van der Waals surface area contributed by atoms with Crippen molar-refractivity contribution in [3.05, 3.63) is 57.2 Å². The zero-order chi connectivity index (χ0) is 14.6. The zero-order valence-electron chi connectivity index (χ0n) is 11.2. The summed E-state index contributed by atoms with van der Waals surface area (Å²) in [6.07, 6.45) is 0.533. The average molecular weight is 309 g/mol. The summed E-state index contributed by atoms with van der Waals surface area (Å²) in [7, 11) is 0. The van der Waals surface area contributed by atoms with Gasteiger partial charge in [0.25, 0.3) is 0 Å². The Balaban J connectivity index is 2.08. The van der Waals surface area contributed by atoms with Crippen LogP contribution in [0.1, 0.15) is 17.4 Å². The number of amides is 1. The molecule has 2 aromatic rings. The van der Waals surface area contributed by atoms with Crippen LogP contribution in [0.3, 0.4) is 0 Å². The summed E-state index contributed by atoms with van der Waals surface area (Å²) in [5.41, 5.74) is 5.81. The molecule has 0 radical (unpaired) electrons. The van der Waals surface area contributed by atoms with Gasteiger partial charge in [0.2, 0.25) is 5.91 Å². The maximum Gasteiger partial charge on any atom is 0.237 e. The van der Waals surface area contributed by atoms with E-state index in [-0.39, 0.29) is 5.91 Å². The molecule has 3 nitrogen and oxygen atoms in total. The van der Waals surface area contributed by atoms with Crippen LogP contribution in [0.15, 0.2) is 41.8 Å². The first kappa shape index (κ1) is 15.0. The van der Waals surface area contributed by atoms with E-state index in [2.05, 4.69) is 5.32 Å². The Kier molecular flexibility index (Phi) is 4.81. The molecule has 1 aromatic carbocycles. The maximum absolute atomic E-state index is 11.8. The second-order valence-corrected chi connectivity index (χ2v) is 6.40. The molecule has 0 spiro atoms. The van der Waals surface area contributed by atoms with Gasteiger partial charge < -0.3 is 5.73 Å². The van der Waals surface area contributed by atoms with E-state index in [4.69, 9.17) is 17.3 Å². The molecular formula is C15H17ClN2OS. The average Bonchev–Trinajstić information content (AvgIpc) is 2.92. The quantitative estimate of drug-likeness (QED) is 0.862. The molecule has 1 atom stereocenters. The lowest BCUT2D eigenvalue weighted by molar-refractivity contribution is -0.123. The molecule has 1 heterocycles. The van der Waals surface area contributed by atoms with Crippen molar-refractivity contribution in [2.24, 2.45) is 5.73 Å². The lowest BCUT2D eigenvalue weighted by Gasteiger charge is -2.27. The predicted octanol–water partition coefficient (Wildman–Crippen LogP) is 2.98. The van der Waals surface area contributed by atoms with E-state index in [0.717, 1.165) is 5.56 Å². The van der Waals surface area contributed by atoms with Gasteiger partial charge in [-0.2, -0.15) is 0 Å². The summed E-state index contributed by atoms with van der Waals surface area (Å²) in [6.45, 7) is 2.46. The number of carbonyl (C=O) groups excluding carboxylic acids is 1. The van der Waals surface area contributed by atoms with Gasteiger partial charge in [-0.3, -0.25) is 10.1 Å². The molecule has 3 N–H and O–H groups in total. The summed E-state index contributed by atoms with van der Waals surface area (Å²) in [5.74, 6) is -0.357. The summed E-state index contributed by atoms with van der Waals surface area (Å²) in [6, 6.07) is 11.5. The largest absolute Gasteiger partial charge is 0.368 e. The number of nitrogens with two attached hydrogens (primary N) is 1. The van der Waals surface area contributed by atoms with E-state index in [0.29, 0.717) is 18.0 Å². The number of nitrogens with one attached hydrogen (secondary N) is 1. The van der Waals surface area contributed by atoms with Gasteiger partial charge in [0.15, 0.2) is 0 Å². The first-order valence-corrected chi connectivity index (χ1v) is 7.57. The van der Waals surface area contributed by atoms with Gasteiger partial charge in [-0.05, 0) is 42.5 Å². The van der Waals surface area contributed by atoms with Gasteiger partial charge in [0.05, 0.1) is 5.54 Å². The monoisotopic (exact) mass is 308 g/mol. The predicted molar refractivity (Wildman–Crippen MR) is 83.9 cm³/mol. The van der Waals surface area contributed by atoms with Gasteiger partial charge in [-0.1, -0.05) is 29.8 Å². The van der Waals surface area contributed by atoms with Crippen LogP contribution in [-0.2, 0) is 17.8 Å². The molecule has 1 unspecified atom stereocenters. The lowest BCUT2D eigenvalue weighted by atomic mass is 9.92. The van der Waals surface area contributed by atoms with E-state index in [1.165, 1.54) is 4.88 Å². The van der Waals surface area contributed by atoms with E-state index in [1.807, 2.05) is 48.7 Å². The van der Waals surface area contributed by atoms with Crippen LogP contribution in [0, 0.1) is 0 Å². The van der Waals surface area contributed by atoms with Crippen molar-refractivity contribution in [2.75, 3.05) is 0 Å². The smallest absolute Gasteiger partial charge is 0.237 e. The van der Waals surface area contributed by atoms with Crippen LogP contribution in [0.2, 0.25) is 5.02 Å². The third-order valence-corrected chi connectivity index (χ3v) is 4.38. The van der Waals surface area contributed by atoms with Crippen LogP contribution in [-0.4, -0.2) is 11.4 Å². The van der Waals surface area contributed by atoms with E-state index >= 15 is 0 Å². The summed E-state index contributed by atoms with van der Waals surface area (Å²) >= 11 is 7.52. The number of hydrogen-bond donors (Lipinski definition) is 2. The maximum atomic E-state index is 11.8. The number of carbonyl (C=O) groups is 1. The number of hydrogen-bond acceptors (Lipinski definition) is 3. The van der Waals surface area contributed by atoms with Crippen LogP contribution >= 0.6 is 22.9 Å². The Morgan fingerprint density at radius 3 is 2.60 bits per heavy atom. The minimum Gasteiger partial charge on any atom is -0.368 e. The highest BCUT2D eigenvalue weighted by Crippen LogP contribution is 2.17. The highest BCUT2D eigenvalue weighted by Gasteiger charge is 2.30. The molecule has 0 aliphatic rings. The lowest BCUT2D eigenvalue weighted by Crippen LogP contribution is -2.54. The minimum absolute atomic E-state index is 0.357. The van der Waals surface area contributed by atoms with Gasteiger partial charge in [0, 0.05) is 16.4 Å². The number of halogens is 1. The fraction of sp³-hybridized carbons (Fsp3) is 0.267. The fourth-order valence-corrected chi connectivity index (χ4v) is 2.71. The molecular weight excluding hydrogens is 292 g/mol. The highest BCUT2D eigenvalue weighted by atomic mass is 35.5. The SMILES string of the molecule is CC(Cc1ccc(Cl)cc1)(NCc1cccs1)C(N)=O. The summed E-state index contributed by atoms with van der Waals surface area (Å²) < 4.78 is 0. The van der Waals surface area contributed by atoms with Crippen LogP contribution in [0.5, 0.6) is 0 Å². The van der Waals surface area contributed by atoms with Crippen LogP contribution < -0.4 is 11.1 Å². The second kappa shape index (κ2) is 6.39.